The Labute approximate surface area is 71.6 Å². The van der Waals surface area contributed by atoms with E-state index in [2.05, 4.69) is 10.3 Å². The Hall–Kier alpha value is -1.19. The van der Waals surface area contributed by atoms with E-state index in [1.807, 2.05) is 13.8 Å². The first-order valence-corrected chi connectivity index (χ1v) is 3.99. The van der Waals surface area contributed by atoms with Gasteiger partial charge in [-0.15, -0.1) is 5.10 Å². The van der Waals surface area contributed by atoms with Crippen LogP contribution in [0.5, 0.6) is 0 Å². The molecule has 0 radical (unpaired) electrons. The van der Waals surface area contributed by atoms with Crippen LogP contribution in [0.1, 0.15) is 30.8 Å². The van der Waals surface area contributed by atoms with Crippen LogP contribution in [-0.4, -0.2) is 20.8 Å². The molecule has 4 heteroatoms. The molecule has 0 aromatic carbocycles. The molecule has 0 atom stereocenters. The van der Waals surface area contributed by atoms with Crippen LogP contribution in [-0.2, 0) is 7.05 Å². The third-order valence-electron chi connectivity index (χ3n) is 1.48. The summed E-state index contributed by atoms with van der Waals surface area (Å²) in [5.41, 5.74) is 0.464. The van der Waals surface area contributed by atoms with Gasteiger partial charge in [0.25, 0.3) is 0 Å². The van der Waals surface area contributed by atoms with Crippen LogP contribution < -0.4 is 0 Å². The fourth-order valence-corrected chi connectivity index (χ4v) is 0.950. The van der Waals surface area contributed by atoms with E-state index in [4.69, 9.17) is 0 Å². The van der Waals surface area contributed by atoms with Crippen LogP contribution in [0.4, 0.5) is 0 Å². The third-order valence-corrected chi connectivity index (χ3v) is 1.48. The van der Waals surface area contributed by atoms with E-state index in [-0.39, 0.29) is 5.78 Å². The van der Waals surface area contributed by atoms with Crippen molar-refractivity contribution in [1.29, 1.82) is 0 Å². The van der Waals surface area contributed by atoms with E-state index < -0.39 is 0 Å². The normalized spacial score (nSPS) is 10.7. The average molecular weight is 167 g/mol. The van der Waals surface area contributed by atoms with Gasteiger partial charge in [0.15, 0.2) is 5.78 Å². The largest absolute Gasteiger partial charge is 0.292 e. The highest BCUT2D eigenvalue weighted by molar-refractivity contribution is 5.93. The quantitative estimate of drug-likeness (QED) is 0.632. The number of rotatable bonds is 3. The molecular weight excluding hydrogens is 154 g/mol. The Morgan fingerprint density at radius 1 is 1.67 bits per heavy atom. The molecule has 1 aromatic heterocycles. The Morgan fingerprint density at radius 3 is 2.75 bits per heavy atom. The minimum atomic E-state index is 0.0677. The van der Waals surface area contributed by atoms with Crippen molar-refractivity contribution >= 4 is 5.78 Å². The predicted molar refractivity (Wildman–Crippen MR) is 44.8 cm³/mol. The molecule has 0 unspecified atom stereocenters. The molecule has 0 amide bonds. The minimum Gasteiger partial charge on any atom is -0.292 e. The molecule has 1 rings (SSSR count). The summed E-state index contributed by atoms with van der Waals surface area (Å²) in [6, 6.07) is 0. The lowest BCUT2D eigenvalue weighted by Gasteiger charge is -1.98. The first-order chi connectivity index (χ1) is 5.59. The summed E-state index contributed by atoms with van der Waals surface area (Å²) in [6.45, 7) is 4.02. The SMILES string of the molecule is CC(C)CC(=O)c1cn(C)nn1. The summed E-state index contributed by atoms with van der Waals surface area (Å²) in [5, 5.41) is 7.42. The second-order valence-corrected chi connectivity index (χ2v) is 3.30. The summed E-state index contributed by atoms with van der Waals surface area (Å²) < 4.78 is 1.54. The van der Waals surface area contributed by atoms with Crippen molar-refractivity contribution in [2.45, 2.75) is 20.3 Å². The summed E-state index contributed by atoms with van der Waals surface area (Å²) in [4.78, 5) is 11.4. The van der Waals surface area contributed by atoms with Crippen LogP contribution in [0.2, 0.25) is 0 Å². The van der Waals surface area contributed by atoms with E-state index in [1.54, 1.807) is 13.2 Å². The zero-order chi connectivity index (χ0) is 9.14. The van der Waals surface area contributed by atoms with Crippen LogP contribution in [0.25, 0.3) is 0 Å². The zero-order valence-electron chi connectivity index (χ0n) is 7.61. The van der Waals surface area contributed by atoms with Gasteiger partial charge in [0.2, 0.25) is 0 Å². The van der Waals surface area contributed by atoms with Crippen LogP contribution >= 0.6 is 0 Å². The standard InChI is InChI=1S/C8H13N3O/c1-6(2)4-8(12)7-5-11(3)10-9-7/h5-6H,4H2,1-3H3. The van der Waals surface area contributed by atoms with Gasteiger partial charge in [0, 0.05) is 13.5 Å². The molecule has 0 aliphatic carbocycles. The summed E-state index contributed by atoms with van der Waals surface area (Å²) in [6.07, 6.45) is 2.18. The maximum atomic E-state index is 11.4. The van der Waals surface area contributed by atoms with E-state index in [1.165, 1.54) is 4.68 Å². The number of Topliss-reactive ketones (excluding diaryl/α,β-unsaturated/α-hetero) is 1. The maximum Gasteiger partial charge on any atom is 0.184 e. The second kappa shape index (κ2) is 3.47. The Bertz CT molecular complexity index is 278. The first-order valence-electron chi connectivity index (χ1n) is 3.99. The van der Waals surface area contributed by atoms with Crippen molar-refractivity contribution in [3.05, 3.63) is 11.9 Å². The fourth-order valence-electron chi connectivity index (χ4n) is 0.950. The molecule has 0 spiro atoms. The molecule has 0 aliphatic rings. The number of carbonyl (C=O) groups excluding carboxylic acids is 1. The van der Waals surface area contributed by atoms with E-state index in [9.17, 15) is 4.79 Å². The number of nitrogens with zero attached hydrogens (tertiary/aromatic N) is 3. The van der Waals surface area contributed by atoms with Crippen LogP contribution in [0.3, 0.4) is 0 Å². The van der Waals surface area contributed by atoms with Crippen molar-refractivity contribution in [3.63, 3.8) is 0 Å². The number of hydrogen-bond donors (Lipinski definition) is 0. The van der Waals surface area contributed by atoms with Gasteiger partial charge >= 0.3 is 0 Å². The van der Waals surface area contributed by atoms with E-state index in [0.717, 1.165) is 0 Å². The van der Waals surface area contributed by atoms with Gasteiger partial charge in [0.05, 0.1) is 6.20 Å². The third kappa shape index (κ3) is 2.15. The van der Waals surface area contributed by atoms with Crippen molar-refractivity contribution < 1.29 is 4.79 Å². The number of hydrogen-bond acceptors (Lipinski definition) is 3. The van der Waals surface area contributed by atoms with Crippen LogP contribution in [0.15, 0.2) is 6.20 Å². The van der Waals surface area contributed by atoms with Crippen molar-refractivity contribution in [2.75, 3.05) is 0 Å². The lowest BCUT2D eigenvalue weighted by atomic mass is 10.1. The van der Waals surface area contributed by atoms with Gasteiger partial charge in [0.1, 0.15) is 5.69 Å². The maximum absolute atomic E-state index is 11.4. The average Bonchev–Trinajstić information content (AvgIpc) is 2.34. The Kier molecular flexibility index (Phi) is 2.58. The monoisotopic (exact) mass is 167 g/mol. The number of aromatic nitrogens is 3. The van der Waals surface area contributed by atoms with E-state index in [0.29, 0.717) is 18.0 Å². The van der Waals surface area contributed by atoms with Gasteiger partial charge in [-0.3, -0.25) is 9.48 Å². The molecule has 1 heterocycles. The molecule has 0 fully saturated rings. The van der Waals surface area contributed by atoms with Crippen molar-refractivity contribution in [1.82, 2.24) is 15.0 Å². The highest BCUT2D eigenvalue weighted by Crippen LogP contribution is 2.05. The zero-order valence-corrected chi connectivity index (χ0v) is 7.61. The number of ketones is 1. The molecule has 0 aliphatic heterocycles. The van der Waals surface area contributed by atoms with Crippen LogP contribution in [0, 0.1) is 5.92 Å². The molecule has 0 N–H and O–H groups in total. The lowest BCUT2D eigenvalue weighted by molar-refractivity contribution is 0.0963. The highest BCUT2D eigenvalue weighted by atomic mass is 16.1. The van der Waals surface area contributed by atoms with Gasteiger partial charge in [-0.05, 0) is 5.92 Å². The lowest BCUT2D eigenvalue weighted by Crippen LogP contribution is -2.03. The summed E-state index contributed by atoms with van der Waals surface area (Å²) in [5.74, 6) is 0.442. The van der Waals surface area contributed by atoms with Crippen molar-refractivity contribution in [3.8, 4) is 0 Å². The van der Waals surface area contributed by atoms with Gasteiger partial charge in [-0.1, -0.05) is 19.1 Å². The Balaban J connectivity index is 2.65. The molecule has 66 valence electrons. The van der Waals surface area contributed by atoms with Crippen molar-refractivity contribution in [2.24, 2.45) is 13.0 Å². The molecule has 0 saturated carbocycles. The smallest absolute Gasteiger partial charge is 0.184 e. The Morgan fingerprint density at radius 2 is 2.33 bits per heavy atom. The highest BCUT2D eigenvalue weighted by Gasteiger charge is 2.10. The number of aryl methyl sites for hydroxylation is 1. The molecule has 0 saturated heterocycles. The van der Waals surface area contributed by atoms with Gasteiger partial charge < -0.3 is 0 Å². The molecule has 12 heavy (non-hydrogen) atoms. The summed E-state index contributed by atoms with van der Waals surface area (Å²) in [7, 11) is 1.75. The number of carbonyl (C=O) groups is 1. The van der Waals surface area contributed by atoms with Gasteiger partial charge in [-0.2, -0.15) is 0 Å². The van der Waals surface area contributed by atoms with Gasteiger partial charge in [-0.25, -0.2) is 0 Å². The molecular formula is C8H13N3O. The molecule has 1 aromatic rings. The fraction of sp³-hybridized carbons (Fsp3) is 0.625. The van der Waals surface area contributed by atoms with E-state index >= 15 is 0 Å². The molecule has 4 nitrogen and oxygen atoms in total. The predicted octanol–water partition coefficient (Wildman–Crippen LogP) is 1.04. The summed E-state index contributed by atoms with van der Waals surface area (Å²) >= 11 is 0. The first kappa shape index (κ1) is 8.90. The minimum absolute atomic E-state index is 0.0677. The second-order valence-electron chi connectivity index (χ2n) is 3.30. The topological polar surface area (TPSA) is 47.8 Å². The molecule has 0 bridgehead atoms.